The maximum Gasteiger partial charge on any atom is 0.195 e. The molecule has 0 amide bonds. The van der Waals surface area contributed by atoms with Crippen LogP contribution in [0.5, 0.6) is 0 Å². The second-order valence-electron chi connectivity index (χ2n) is 5.11. The first-order valence-corrected chi connectivity index (χ1v) is 9.09. The molecule has 0 aliphatic rings. The predicted octanol–water partition coefficient (Wildman–Crippen LogP) is 4.69. The van der Waals surface area contributed by atoms with E-state index in [1.165, 1.54) is 0 Å². The summed E-state index contributed by atoms with van der Waals surface area (Å²) in [6.45, 7) is 11.3. The summed E-state index contributed by atoms with van der Waals surface area (Å²) < 4.78 is 9.67. The van der Waals surface area contributed by atoms with E-state index < -0.39 is 6.10 Å². The van der Waals surface area contributed by atoms with Crippen LogP contribution in [-0.2, 0) is 9.47 Å². The first-order valence-electron chi connectivity index (χ1n) is 9.09. The Kier molecular flexibility index (Phi) is 15.2. The van der Waals surface area contributed by atoms with Crippen molar-refractivity contribution in [2.75, 3.05) is 26.4 Å². The second kappa shape index (κ2) is 16.5. The van der Waals surface area contributed by atoms with Crippen LogP contribution in [0.3, 0.4) is 0 Å². The number of aliphatic hydroxyl groups excluding tert-OH is 1. The van der Waals surface area contributed by atoms with Crippen molar-refractivity contribution in [1.29, 1.82) is 0 Å². The summed E-state index contributed by atoms with van der Waals surface area (Å²) in [5.74, 6) is -0.271. The number of hydrogen-bond donors (Lipinski definition) is 1. The van der Waals surface area contributed by atoms with Crippen molar-refractivity contribution in [1.82, 2.24) is 0 Å². The van der Waals surface area contributed by atoms with Crippen LogP contribution in [0.25, 0.3) is 0 Å². The average molecular weight is 360 g/mol. The van der Waals surface area contributed by atoms with Crippen LogP contribution < -0.4 is 0 Å². The summed E-state index contributed by atoms with van der Waals surface area (Å²) in [6.07, 6.45) is -1.08. The fraction of sp³-hybridized carbons (Fsp3) is 0.409. The molecule has 144 valence electrons. The van der Waals surface area contributed by atoms with Gasteiger partial charge in [0.15, 0.2) is 5.78 Å². The van der Waals surface area contributed by atoms with E-state index in [-0.39, 0.29) is 5.78 Å². The molecule has 26 heavy (non-hydrogen) atoms. The van der Waals surface area contributed by atoms with Gasteiger partial charge in [0.25, 0.3) is 0 Å². The summed E-state index contributed by atoms with van der Waals surface area (Å²) in [7, 11) is 0. The molecule has 2 aromatic rings. The van der Waals surface area contributed by atoms with Gasteiger partial charge in [-0.05, 0) is 33.3 Å². The normalized spacial score (nSPS) is 10.7. The minimum atomic E-state index is -1.08. The molecular weight excluding hydrogens is 328 g/mol. The molecule has 0 aromatic heterocycles. The lowest BCUT2D eigenvalue weighted by Gasteiger charge is -2.09. The fourth-order valence-corrected chi connectivity index (χ4v) is 1.96. The Morgan fingerprint density at radius 3 is 1.50 bits per heavy atom. The Morgan fingerprint density at radius 2 is 1.15 bits per heavy atom. The monoisotopic (exact) mass is 360 g/mol. The molecule has 1 unspecified atom stereocenters. The Bertz CT molecular complexity index is 545. The van der Waals surface area contributed by atoms with Gasteiger partial charge in [-0.1, -0.05) is 60.7 Å². The van der Waals surface area contributed by atoms with E-state index in [0.29, 0.717) is 11.1 Å². The number of aliphatic hydroxyl groups is 1. The maximum absolute atomic E-state index is 11.9. The van der Waals surface area contributed by atoms with Crippen LogP contribution in [0, 0.1) is 0 Å². The van der Waals surface area contributed by atoms with Crippen LogP contribution in [0.4, 0.5) is 0 Å². The van der Waals surface area contributed by atoms with Gasteiger partial charge in [0.05, 0.1) is 0 Å². The molecule has 0 saturated carbocycles. The van der Waals surface area contributed by atoms with Crippen molar-refractivity contribution in [3.8, 4) is 0 Å². The molecule has 1 N–H and O–H groups in total. The largest absolute Gasteiger partial charge is 0.382 e. The molecule has 1 atom stereocenters. The smallest absolute Gasteiger partial charge is 0.195 e. The van der Waals surface area contributed by atoms with E-state index >= 15 is 0 Å². The summed E-state index contributed by atoms with van der Waals surface area (Å²) in [4.78, 5) is 11.9. The van der Waals surface area contributed by atoms with E-state index in [4.69, 9.17) is 9.47 Å². The molecule has 4 nitrogen and oxygen atoms in total. The van der Waals surface area contributed by atoms with Crippen molar-refractivity contribution in [3.05, 3.63) is 71.8 Å². The molecule has 0 bridgehead atoms. The van der Waals surface area contributed by atoms with Gasteiger partial charge >= 0.3 is 0 Å². The van der Waals surface area contributed by atoms with Gasteiger partial charge < -0.3 is 14.6 Å². The molecule has 0 heterocycles. The van der Waals surface area contributed by atoms with E-state index in [1.807, 2.05) is 39.8 Å². The lowest BCUT2D eigenvalue weighted by atomic mass is 10.0. The number of rotatable bonds is 7. The zero-order valence-corrected chi connectivity index (χ0v) is 16.4. The number of Topliss-reactive ketones (excluding diaryl/α,β-unsaturated/α-hetero) is 1. The third kappa shape index (κ3) is 10.8. The molecule has 0 radical (unpaired) electrons. The van der Waals surface area contributed by atoms with E-state index in [2.05, 4.69) is 0 Å². The van der Waals surface area contributed by atoms with Crippen LogP contribution in [0.2, 0.25) is 0 Å². The number of carbonyl (C=O) groups excluding carboxylic acids is 1. The molecule has 2 aromatic carbocycles. The van der Waals surface area contributed by atoms with Gasteiger partial charge in [0.1, 0.15) is 6.10 Å². The number of hydrogen-bond acceptors (Lipinski definition) is 4. The van der Waals surface area contributed by atoms with Gasteiger partial charge in [-0.15, -0.1) is 0 Å². The Balaban J connectivity index is 0.000000520. The number of ether oxygens (including phenoxy) is 2. The van der Waals surface area contributed by atoms with Crippen LogP contribution in [0.1, 0.15) is 49.7 Å². The lowest BCUT2D eigenvalue weighted by Crippen LogP contribution is -2.11. The SMILES string of the molecule is CCOCC.CCOCC.O=C(c1ccccc1)C(O)c1ccccc1. The average Bonchev–Trinajstić information content (AvgIpc) is 2.70. The third-order valence-corrected chi connectivity index (χ3v) is 3.24. The van der Waals surface area contributed by atoms with Crippen LogP contribution in [0.15, 0.2) is 60.7 Å². The fourth-order valence-electron chi connectivity index (χ4n) is 1.96. The summed E-state index contributed by atoms with van der Waals surface area (Å²) >= 11 is 0. The maximum atomic E-state index is 11.9. The zero-order valence-electron chi connectivity index (χ0n) is 16.4. The standard InChI is InChI=1S/C14H12O2.2C4H10O/c15-13(11-7-3-1-4-8-11)14(16)12-9-5-2-6-10-12;2*1-3-5-4-2/h1-10,13,15H;2*3-4H2,1-2H3. The quantitative estimate of drug-likeness (QED) is 0.728. The Morgan fingerprint density at radius 1 is 0.769 bits per heavy atom. The second-order valence-corrected chi connectivity index (χ2v) is 5.11. The van der Waals surface area contributed by atoms with E-state index in [1.54, 1.807) is 48.5 Å². The molecule has 0 saturated heterocycles. The highest BCUT2D eigenvalue weighted by atomic mass is 16.5. The minimum absolute atomic E-state index is 0.271. The molecule has 0 aliphatic carbocycles. The highest BCUT2D eigenvalue weighted by Crippen LogP contribution is 2.17. The van der Waals surface area contributed by atoms with Gasteiger partial charge in [0, 0.05) is 32.0 Å². The van der Waals surface area contributed by atoms with Crippen molar-refractivity contribution in [2.24, 2.45) is 0 Å². The summed E-state index contributed by atoms with van der Waals surface area (Å²) in [6, 6.07) is 17.7. The first kappa shape index (κ1) is 24.0. The number of benzene rings is 2. The summed E-state index contributed by atoms with van der Waals surface area (Å²) in [5, 5.41) is 9.89. The molecule has 4 heteroatoms. The topological polar surface area (TPSA) is 55.8 Å². The minimum Gasteiger partial charge on any atom is -0.382 e. The molecule has 0 fully saturated rings. The van der Waals surface area contributed by atoms with Crippen LogP contribution in [-0.4, -0.2) is 37.3 Å². The van der Waals surface area contributed by atoms with Gasteiger partial charge in [-0.2, -0.15) is 0 Å². The predicted molar refractivity (Wildman–Crippen MR) is 107 cm³/mol. The molecular formula is C22H32O4. The van der Waals surface area contributed by atoms with Crippen molar-refractivity contribution < 1.29 is 19.4 Å². The van der Waals surface area contributed by atoms with Crippen LogP contribution >= 0.6 is 0 Å². The molecule has 0 spiro atoms. The van der Waals surface area contributed by atoms with Crippen molar-refractivity contribution >= 4 is 5.78 Å². The Hall–Kier alpha value is -2.01. The van der Waals surface area contributed by atoms with E-state index in [0.717, 1.165) is 26.4 Å². The highest BCUT2D eigenvalue weighted by molar-refractivity contribution is 5.99. The number of carbonyl (C=O) groups is 1. The van der Waals surface area contributed by atoms with Crippen molar-refractivity contribution in [2.45, 2.75) is 33.8 Å². The third-order valence-electron chi connectivity index (χ3n) is 3.24. The zero-order chi connectivity index (χ0) is 19.6. The van der Waals surface area contributed by atoms with Gasteiger partial charge in [0.2, 0.25) is 0 Å². The first-order chi connectivity index (χ1) is 12.6. The van der Waals surface area contributed by atoms with Gasteiger partial charge in [-0.3, -0.25) is 4.79 Å². The Labute approximate surface area is 157 Å². The number of ketones is 1. The van der Waals surface area contributed by atoms with Crippen molar-refractivity contribution in [3.63, 3.8) is 0 Å². The summed E-state index contributed by atoms with van der Waals surface area (Å²) in [5.41, 5.74) is 1.15. The van der Waals surface area contributed by atoms with E-state index in [9.17, 15) is 9.90 Å². The lowest BCUT2D eigenvalue weighted by molar-refractivity contribution is 0.0747. The molecule has 2 rings (SSSR count). The van der Waals surface area contributed by atoms with Gasteiger partial charge in [-0.25, -0.2) is 0 Å². The highest BCUT2D eigenvalue weighted by Gasteiger charge is 2.18. The molecule has 0 aliphatic heterocycles.